The predicted octanol–water partition coefficient (Wildman–Crippen LogP) is 1.92. The number of hydrogen-bond donors (Lipinski definition) is 1. The van der Waals surface area contributed by atoms with Gasteiger partial charge in [-0.3, -0.25) is 0 Å². The van der Waals surface area contributed by atoms with Gasteiger partial charge < -0.3 is 9.84 Å². The molecule has 2 nitrogen and oxygen atoms in total. The Balaban J connectivity index is 2.71. The van der Waals surface area contributed by atoms with E-state index in [-0.39, 0.29) is 18.2 Å². The van der Waals surface area contributed by atoms with Gasteiger partial charge in [0.05, 0.1) is 13.7 Å². The minimum absolute atomic E-state index is 0.0956. The van der Waals surface area contributed by atoms with Crippen molar-refractivity contribution < 1.29 is 14.2 Å². The zero-order chi connectivity index (χ0) is 9.68. The summed E-state index contributed by atoms with van der Waals surface area (Å²) in [5.41, 5.74) is 0. The lowest BCUT2D eigenvalue weighted by molar-refractivity contribution is 0.322. The zero-order valence-corrected chi connectivity index (χ0v) is 8.10. The normalized spacial score (nSPS) is 10.1. The molecule has 0 aliphatic heterocycles. The summed E-state index contributed by atoms with van der Waals surface area (Å²) in [4.78, 5) is 0.798. The van der Waals surface area contributed by atoms with E-state index in [2.05, 4.69) is 0 Å². The van der Waals surface area contributed by atoms with Crippen LogP contribution in [0.3, 0.4) is 0 Å². The first-order valence-corrected chi connectivity index (χ1v) is 4.83. The minimum Gasteiger partial charge on any atom is -0.494 e. The number of hydrogen-bond acceptors (Lipinski definition) is 3. The quantitative estimate of drug-likeness (QED) is 0.756. The van der Waals surface area contributed by atoms with Gasteiger partial charge in [0.2, 0.25) is 0 Å². The van der Waals surface area contributed by atoms with E-state index in [1.807, 2.05) is 0 Å². The maximum Gasteiger partial charge on any atom is 0.166 e. The van der Waals surface area contributed by atoms with E-state index < -0.39 is 0 Å². The molecule has 1 N–H and O–H groups in total. The SMILES string of the molecule is COc1ccc(SCCO)cc1F. The van der Waals surface area contributed by atoms with Crippen LogP contribution in [0.2, 0.25) is 0 Å². The molecule has 0 aliphatic rings. The van der Waals surface area contributed by atoms with Gasteiger partial charge in [0.15, 0.2) is 11.6 Å². The highest BCUT2D eigenvalue weighted by Gasteiger charge is 2.02. The van der Waals surface area contributed by atoms with Gasteiger partial charge in [0, 0.05) is 10.6 Å². The molecule has 0 bridgehead atoms. The van der Waals surface area contributed by atoms with Crippen LogP contribution >= 0.6 is 11.8 Å². The van der Waals surface area contributed by atoms with Crippen molar-refractivity contribution in [3.8, 4) is 5.75 Å². The van der Waals surface area contributed by atoms with Gasteiger partial charge in [0.1, 0.15) is 0 Å². The summed E-state index contributed by atoms with van der Waals surface area (Å²) in [7, 11) is 1.43. The Hall–Kier alpha value is -0.740. The monoisotopic (exact) mass is 202 g/mol. The number of thioether (sulfide) groups is 1. The molecule has 1 aromatic rings. The average Bonchev–Trinajstić information content (AvgIpc) is 2.15. The Kier molecular flexibility index (Phi) is 4.05. The molecule has 72 valence electrons. The lowest BCUT2D eigenvalue weighted by atomic mass is 10.3. The number of ether oxygens (including phenoxy) is 1. The fraction of sp³-hybridized carbons (Fsp3) is 0.333. The van der Waals surface area contributed by atoms with Gasteiger partial charge in [-0.1, -0.05) is 0 Å². The molecule has 1 aromatic carbocycles. The van der Waals surface area contributed by atoms with Crippen molar-refractivity contribution in [1.82, 2.24) is 0 Å². The molecule has 0 aliphatic carbocycles. The fourth-order valence-electron chi connectivity index (χ4n) is 0.900. The maximum atomic E-state index is 13.1. The second-order valence-electron chi connectivity index (χ2n) is 2.37. The number of rotatable bonds is 4. The number of aliphatic hydroxyl groups excluding tert-OH is 1. The van der Waals surface area contributed by atoms with Crippen molar-refractivity contribution in [3.63, 3.8) is 0 Å². The molecular formula is C9H11FO2S. The van der Waals surface area contributed by atoms with E-state index in [0.29, 0.717) is 5.75 Å². The summed E-state index contributed by atoms with van der Waals surface area (Å²) < 4.78 is 17.8. The van der Waals surface area contributed by atoms with Crippen molar-refractivity contribution in [3.05, 3.63) is 24.0 Å². The van der Waals surface area contributed by atoms with Crippen molar-refractivity contribution in [2.75, 3.05) is 19.5 Å². The van der Waals surface area contributed by atoms with Crippen molar-refractivity contribution >= 4 is 11.8 Å². The Morgan fingerprint density at radius 3 is 2.85 bits per heavy atom. The first kappa shape index (κ1) is 10.3. The molecular weight excluding hydrogens is 191 g/mol. The highest BCUT2D eigenvalue weighted by atomic mass is 32.2. The van der Waals surface area contributed by atoms with Gasteiger partial charge in [-0.15, -0.1) is 11.8 Å². The third-order valence-corrected chi connectivity index (χ3v) is 2.46. The van der Waals surface area contributed by atoms with Crippen LogP contribution in [0.1, 0.15) is 0 Å². The minimum atomic E-state index is -0.370. The average molecular weight is 202 g/mol. The number of aliphatic hydroxyl groups is 1. The smallest absolute Gasteiger partial charge is 0.166 e. The van der Waals surface area contributed by atoms with Crippen LogP contribution in [0, 0.1) is 5.82 Å². The molecule has 4 heteroatoms. The van der Waals surface area contributed by atoms with E-state index in [1.165, 1.54) is 24.9 Å². The molecule has 0 heterocycles. The van der Waals surface area contributed by atoms with Crippen LogP contribution in [0.5, 0.6) is 5.75 Å². The van der Waals surface area contributed by atoms with Crippen LogP contribution in [-0.4, -0.2) is 24.6 Å². The predicted molar refractivity (Wildman–Crippen MR) is 50.8 cm³/mol. The second kappa shape index (κ2) is 5.09. The highest BCUT2D eigenvalue weighted by molar-refractivity contribution is 7.99. The summed E-state index contributed by atoms with van der Waals surface area (Å²) in [5.74, 6) is 0.449. The molecule has 0 radical (unpaired) electrons. The summed E-state index contributed by atoms with van der Waals surface area (Å²) in [5, 5.41) is 8.56. The Morgan fingerprint density at radius 1 is 1.54 bits per heavy atom. The van der Waals surface area contributed by atoms with Gasteiger partial charge in [-0.2, -0.15) is 0 Å². The van der Waals surface area contributed by atoms with Crippen molar-refractivity contribution in [1.29, 1.82) is 0 Å². The highest BCUT2D eigenvalue weighted by Crippen LogP contribution is 2.24. The summed E-state index contributed by atoms with van der Waals surface area (Å²) in [6.07, 6.45) is 0. The lowest BCUT2D eigenvalue weighted by Gasteiger charge is -2.03. The summed E-state index contributed by atoms with van der Waals surface area (Å²) in [6.45, 7) is 0.0956. The van der Waals surface area contributed by atoms with Gasteiger partial charge in [-0.25, -0.2) is 4.39 Å². The lowest BCUT2D eigenvalue weighted by Crippen LogP contribution is -1.89. The van der Waals surface area contributed by atoms with Gasteiger partial charge >= 0.3 is 0 Å². The number of benzene rings is 1. The molecule has 13 heavy (non-hydrogen) atoms. The van der Waals surface area contributed by atoms with Crippen LogP contribution < -0.4 is 4.74 Å². The molecule has 0 atom stereocenters. The molecule has 0 amide bonds. The standard InChI is InChI=1S/C9H11FO2S/c1-12-9-3-2-7(6-8(9)10)13-5-4-11/h2-3,6,11H,4-5H2,1H3. The van der Waals surface area contributed by atoms with Crippen LogP contribution in [0.4, 0.5) is 4.39 Å². The van der Waals surface area contributed by atoms with Crippen LogP contribution in [0.15, 0.2) is 23.1 Å². The second-order valence-corrected chi connectivity index (χ2v) is 3.54. The molecule has 0 spiro atoms. The van der Waals surface area contributed by atoms with E-state index in [9.17, 15) is 4.39 Å². The summed E-state index contributed by atoms with van der Waals surface area (Å²) in [6, 6.07) is 4.75. The Labute approximate surface area is 80.7 Å². The largest absolute Gasteiger partial charge is 0.494 e. The van der Waals surface area contributed by atoms with Crippen LogP contribution in [0.25, 0.3) is 0 Å². The molecule has 0 unspecified atom stereocenters. The zero-order valence-electron chi connectivity index (χ0n) is 7.29. The third kappa shape index (κ3) is 2.90. The van der Waals surface area contributed by atoms with E-state index >= 15 is 0 Å². The Bertz CT molecular complexity index is 278. The van der Waals surface area contributed by atoms with E-state index in [4.69, 9.17) is 9.84 Å². The fourth-order valence-corrected chi connectivity index (χ4v) is 1.58. The molecule has 0 saturated carbocycles. The first-order chi connectivity index (χ1) is 6.27. The van der Waals surface area contributed by atoms with E-state index in [1.54, 1.807) is 12.1 Å². The van der Waals surface area contributed by atoms with Gasteiger partial charge in [-0.05, 0) is 18.2 Å². The molecule has 0 saturated heterocycles. The van der Waals surface area contributed by atoms with Crippen molar-refractivity contribution in [2.24, 2.45) is 0 Å². The van der Waals surface area contributed by atoms with E-state index in [0.717, 1.165) is 4.90 Å². The van der Waals surface area contributed by atoms with Gasteiger partial charge in [0.25, 0.3) is 0 Å². The van der Waals surface area contributed by atoms with Crippen LogP contribution in [-0.2, 0) is 0 Å². The maximum absolute atomic E-state index is 13.1. The first-order valence-electron chi connectivity index (χ1n) is 3.85. The third-order valence-electron chi connectivity index (χ3n) is 1.48. The number of halogens is 1. The Morgan fingerprint density at radius 2 is 2.31 bits per heavy atom. The van der Waals surface area contributed by atoms with Crippen molar-refractivity contribution in [2.45, 2.75) is 4.90 Å². The molecule has 0 fully saturated rings. The number of methoxy groups -OCH3 is 1. The topological polar surface area (TPSA) is 29.5 Å². The summed E-state index contributed by atoms with van der Waals surface area (Å²) >= 11 is 1.41. The molecule has 1 rings (SSSR count). The molecule has 0 aromatic heterocycles.